The van der Waals surface area contributed by atoms with Crippen molar-refractivity contribution in [2.24, 2.45) is 17.8 Å². The van der Waals surface area contributed by atoms with Gasteiger partial charge >= 0.3 is 5.97 Å². The number of cyclic esters (lactones) is 1. The maximum absolute atomic E-state index is 11.3. The van der Waals surface area contributed by atoms with Gasteiger partial charge in [0.2, 0.25) is 0 Å². The van der Waals surface area contributed by atoms with Gasteiger partial charge in [-0.15, -0.1) is 0 Å². The molecular formula is C11H20O4. The minimum atomic E-state index is -0.681. The van der Waals surface area contributed by atoms with Crippen LogP contribution in [0.3, 0.4) is 0 Å². The standard InChI is InChI=1S/C11H20O4/c1-7(2)3-4-9(13)10-8(5-12)6-15-11(10)14/h7-10,12-13H,3-6H2,1-2H3. The first-order chi connectivity index (χ1) is 7.06. The Morgan fingerprint density at radius 1 is 1.47 bits per heavy atom. The summed E-state index contributed by atoms with van der Waals surface area (Å²) < 4.78 is 4.84. The minimum Gasteiger partial charge on any atom is -0.465 e. The van der Waals surface area contributed by atoms with Gasteiger partial charge < -0.3 is 14.9 Å². The molecule has 0 spiro atoms. The summed E-state index contributed by atoms with van der Waals surface area (Å²) in [7, 11) is 0. The van der Waals surface area contributed by atoms with Crippen LogP contribution in [0.2, 0.25) is 0 Å². The number of rotatable bonds is 5. The van der Waals surface area contributed by atoms with Gasteiger partial charge in [-0.1, -0.05) is 13.8 Å². The first-order valence-corrected chi connectivity index (χ1v) is 5.51. The van der Waals surface area contributed by atoms with Gasteiger partial charge in [-0.25, -0.2) is 0 Å². The van der Waals surface area contributed by atoms with Crippen LogP contribution in [0.1, 0.15) is 26.7 Å². The maximum atomic E-state index is 11.3. The molecule has 0 radical (unpaired) electrons. The third-order valence-corrected chi connectivity index (χ3v) is 2.91. The number of carbonyl (C=O) groups is 1. The van der Waals surface area contributed by atoms with Crippen LogP contribution < -0.4 is 0 Å². The second kappa shape index (κ2) is 5.47. The van der Waals surface area contributed by atoms with Crippen LogP contribution in [0.4, 0.5) is 0 Å². The summed E-state index contributed by atoms with van der Waals surface area (Å²) in [5.41, 5.74) is 0. The van der Waals surface area contributed by atoms with Gasteiger partial charge in [-0.3, -0.25) is 4.79 Å². The van der Waals surface area contributed by atoms with Crippen LogP contribution in [-0.4, -0.2) is 35.5 Å². The van der Waals surface area contributed by atoms with Gasteiger partial charge in [0.05, 0.1) is 25.2 Å². The Morgan fingerprint density at radius 3 is 2.67 bits per heavy atom. The highest BCUT2D eigenvalue weighted by Gasteiger charge is 2.41. The Kier molecular flexibility index (Phi) is 4.54. The summed E-state index contributed by atoms with van der Waals surface area (Å²) in [4.78, 5) is 11.3. The van der Waals surface area contributed by atoms with Gasteiger partial charge in [0.15, 0.2) is 0 Å². The number of carbonyl (C=O) groups excluding carboxylic acids is 1. The zero-order valence-corrected chi connectivity index (χ0v) is 9.35. The molecule has 0 amide bonds. The topological polar surface area (TPSA) is 66.8 Å². The summed E-state index contributed by atoms with van der Waals surface area (Å²) >= 11 is 0. The molecule has 1 heterocycles. The van der Waals surface area contributed by atoms with E-state index in [4.69, 9.17) is 9.84 Å². The van der Waals surface area contributed by atoms with E-state index in [0.717, 1.165) is 6.42 Å². The van der Waals surface area contributed by atoms with Gasteiger partial charge in [-0.05, 0) is 18.8 Å². The number of esters is 1. The number of hydrogen-bond donors (Lipinski definition) is 2. The molecule has 88 valence electrons. The van der Waals surface area contributed by atoms with Gasteiger partial charge in [-0.2, -0.15) is 0 Å². The monoisotopic (exact) mass is 216 g/mol. The molecule has 2 N–H and O–H groups in total. The molecule has 0 bridgehead atoms. The van der Waals surface area contributed by atoms with Crippen molar-refractivity contribution in [1.29, 1.82) is 0 Å². The van der Waals surface area contributed by atoms with E-state index in [1.165, 1.54) is 0 Å². The molecule has 1 saturated heterocycles. The van der Waals surface area contributed by atoms with Crippen molar-refractivity contribution in [2.75, 3.05) is 13.2 Å². The Labute approximate surface area is 90.2 Å². The number of hydrogen-bond acceptors (Lipinski definition) is 4. The van der Waals surface area contributed by atoms with Crippen molar-refractivity contribution in [1.82, 2.24) is 0 Å². The first-order valence-electron chi connectivity index (χ1n) is 5.51. The average Bonchev–Trinajstić information content (AvgIpc) is 2.56. The summed E-state index contributed by atoms with van der Waals surface area (Å²) in [6.45, 7) is 4.28. The predicted octanol–water partition coefficient (Wildman–Crippen LogP) is 0.565. The molecule has 1 rings (SSSR count). The third kappa shape index (κ3) is 3.18. The maximum Gasteiger partial charge on any atom is 0.312 e. The second-order valence-electron chi connectivity index (χ2n) is 4.64. The molecule has 0 aliphatic carbocycles. The van der Waals surface area contributed by atoms with Crippen LogP contribution in [-0.2, 0) is 9.53 Å². The van der Waals surface area contributed by atoms with E-state index >= 15 is 0 Å². The molecule has 0 saturated carbocycles. The highest BCUT2D eigenvalue weighted by atomic mass is 16.5. The zero-order valence-electron chi connectivity index (χ0n) is 9.35. The molecular weight excluding hydrogens is 196 g/mol. The molecule has 0 aromatic heterocycles. The average molecular weight is 216 g/mol. The van der Waals surface area contributed by atoms with Crippen molar-refractivity contribution in [3.63, 3.8) is 0 Å². The lowest BCUT2D eigenvalue weighted by atomic mass is 9.87. The Morgan fingerprint density at radius 2 is 2.13 bits per heavy atom. The molecule has 0 aromatic rings. The molecule has 15 heavy (non-hydrogen) atoms. The third-order valence-electron chi connectivity index (χ3n) is 2.91. The Hall–Kier alpha value is -0.610. The van der Waals surface area contributed by atoms with Gasteiger partial charge in [0.25, 0.3) is 0 Å². The van der Waals surface area contributed by atoms with E-state index in [-0.39, 0.29) is 25.1 Å². The highest BCUT2D eigenvalue weighted by molar-refractivity contribution is 5.75. The zero-order chi connectivity index (χ0) is 11.4. The summed E-state index contributed by atoms with van der Waals surface area (Å²) in [6.07, 6.45) is 0.788. The largest absolute Gasteiger partial charge is 0.465 e. The SMILES string of the molecule is CC(C)CCC(O)C1C(=O)OCC1CO. The van der Waals surface area contributed by atoms with E-state index in [2.05, 4.69) is 13.8 Å². The smallest absolute Gasteiger partial charge is 0.312 e. The molecule has 3 atom stereocenters. The van der Waals surface area contributed by atoms with Crippen LogP contribution >= 0.6 is 0 Å². The van der Waals surface area contributed by atoms with Crippen molar-refractivity contribution in [3.05, 3.63) is 0 Å². The summed E-state index contributed by atoms with van der Waals surface area (Å²) in [5.74, 6) is -0.636. The molecule has 4 nitrogen and oxygen atoms in total. The van der Waals surface area contributed by atoms with E-state index in [1.807, 2.05) is 0 Å². The van der Waals surface area contributed by atoms with Gasteiger partial charge in [0, 0.05) is 5.92 Å². The fourth-order valence-corrected chi connectivity index (χ4v) is 1.90. The van der Waals surface area contributed by atoms with Crippen LogP contribution in [0, 0.1) is 17.8 Å². The van der Waals surface area contributed by atoms with Crippen LogP contribution in [0.5, 0.6) is 0 Å². The normalized spacial score (nSPS) is 28.2. The summed E-state index contributed by atoms with van der Waals surface area (Å²) in [5, 5.41) is 18.9. The molecule has 1 aliphatic heterocycles. The first kappa shape index (κ1) is 12.5. The highest BCUT2D eigenvalue weighted by Crippen LogP contribution is 2.27. The number of aliphatic hydroxyl groups excluding tert-OH is 2. The lowest BCUT2D eigenvalue weighted by Crippen LogP contribution is -2.31. The van der Waals surface area contributed by atoms with Crippen LogP contribution in [0.15, 0.2) is 0 Å². The number of ether oxygens (including phenoxy) is 1. The molecule has 4 heteroatoms. The lowest BCUT2D eigenvalue weighted by Gasteiger charge is -2.19. The van der Waals surface area contributed by atoms with Crippen LogP contribution in [0.25, 0.3) is 0 Å². The molecule has 3 unspecified atom stereocenters. The summed E-state index contributed by atoms with van der Waals surface area (Å²) in [6, 6.07) is 0. The Bertz CT molecular complexity index is 215. The van der Waals surface area contributed by atoms with E-state index < -0.39 is 12.0 Å². The second-order valence-corrected chi connectivity index (χ2v) is 4.64. The van der Waals surface area contributed by atoms with Crippen molar-refractivity contribution < 1.29 is 19.7 Å². The fraction of sp³-hybridized carbons (Fsp3) is 0.909. The van der Waals surface area contributed by atoms with Crippen molar-refractivity contribution in [3.8, 4) is 0 Å². The minimum absolute atomic E-state index is 0.102. The molecule has 1 aliphatic rings. The van der Waals surface area contributed by atoms with E-state index in [0.29, 0.717) is 12.3 Å². The lowest BCUT2D eigenvalue weighted by molar-refractivity contribution is -0.144. The van der Waals surface area contributed by atoms with Crippen molar-refractivity contribution >= 4 is 5.97 Å². The predicted molar refractivity (Wildman–Crippen MR) is 55.1 cm³/mol. The molecule has 1 fully saturated rings. The Balaban J connectivity index is 2.48. The van der Waals surface area contributed by atoms with E-state index in [1.54, 1.807) is 0 Å². The van der Waals surface area contributed by atoms with Crippen molar-refractivity contribution in [2.45, 2.75) is 32.8 Å². The van der Waals surface area contributed by atoms with Gasteiger partial charge in [0.1, 0.15) is 0 Å². The quantitative estimate of drug-likeness (QED) is 0.659. The fourth-order valence-electron chi connectivity index (χ4n) is 1.90. The van der Waals surface area contributed by atoms with E-state index in [9.17, 15) is 9.90 Å². The number of aliphatic hydroxyl groups is 2. The molecule has 0 aromatic carbocycles.